The van der Waals surface area contributed by atoms with Gasteiger partial charge in [-0.3, -0.25) is 34.2 Å². The van der Waals surface area contributed by atoms with E-state index in [2.05, 4.69) is 5.32 Å². The third kappa shape index (κ3) is 7.29. The van der Waals surface area contributed by atoms with Crippen LogP contribution in [0.3, 0.4) is 0 Å². The topological polar surface area (TPSA) is 136 Å². The van der Waals surface area contributed by atoms with Crippen LogP contribution in [-0.2, 0) is 14.4 Å². The predicted molar refractivity (Wildman–Crippen MR) is 141 cm³/mol. The number of ether oxygens (including phenoxy) is 1. The van der Waals surface area contributed by atoms with Gasteiger partial charge in [-0.2, -0.15) is 0 Å². The minimum atomic E-state index is -0.675. The summed E-state index contributed by atoms with van der Waals surface area (Å²) < 4.78 is 5.40. The molecule has 3 rings (SSSR count). The number of hydrogen-bond acceptors (Lipinski definition) is 7. The van der Waals surface area contributed by atoms with Gasteiger partial charge < -0.3 is 10.1 Å². The zero-order valence-corrected chi connectivity index (χ0v) is 22.4. The molecule has 1 saturated heterocycles. The smallest absolute Gasteiger partial charge is 0.311 e. The number of halogens is 2. The zero-order valence-electron chi connectivity index (χ0n) is 20.9. The van der Waals surface area contributed by atoms with Crippen LogP contribution in [0.4, 0.5) is 11.4 Å². The Kier molecular flexibility index (Phi) is 9.82. The lowest BCUT2D eigenvalue weighted by Crippen LogP contribution is -2.32. The Labute approximate surface area is 229 Å². The number of likely N-dealkylation sites (tertiary alicyclic amines) is 1. The lowest BCUT2D eigenvalue weighted by molar-refractivity contribution is -0.384. The molecule has 10 nitrogen and oxygen atoms in total. The second-order valence-corrected chi connectivity index (χ2v) is 10.1. The van der Waals surface area contributed by atoms with Crippen LogP contribution in [0.25, 0.3) is 0 Å². The van der Waals surface area contributed by atoms with Gasteiger partial charge >= 0.3 is 5.97 Å². The first-order valence-corrected chi connectivity index (χ1v) is 12.8. The SMILES string of the molecule is CC(C)C1CC(=O)N(CCCCCC(=O)Oc2ccc(Cl)cc2C(=O)Nc2ccc([N+](=O)[O-])cc2Cl)C1=O. The van der Waals surface area contributed by atoms with Crippen LogP contribution in [0.15, 0.2) is 36.4 Å². The average Bonchev–Trinajstić information content (AvgIpc) is 3.14. The number of unbranched alkanes of at least 4 members (excludes halogenated alkanes) is 2. The van der Waals surface area contributed by atoms with Gasteiger partial charge in [-0.15, -0.1) is 0 Å². The number of carbonyl (C=O) groups excluding carboxylic acids is 4. The zero-order chi connectivity index (χ0) is 28.0. The Morgan fingerprint density at radius 3 is 2.50 bits per heavy atom. The van der Waals surface area contributed by atoms with E-state index in [1.54, 1.807) is 0 Å². The van der Waals surface area contributed by atoms with Crippen molar-refractivity contribution in [3.8, 4) is 5.75 Å². The van der Waals surface area contributed by atoms with E-state index in [4.69, 9.17) is 27.9 Å². The summed E-state index contributed by atoms with van der Waals surface area (Å²) in [5, 5.41) is 13.6. The maximum Gasteiger partial charge on any atom is 0.311 e. The standard InChI is InChI=1S/C26H27Cl2N3O7/c1-15(2)18-14-23(32)30(26(18)35)11-5-3-4-6-24(33)38-22-10-7-16(27)12-19(22)25(34)29-21-9-8-17(31(36)37)13-20(21)28/h7-10,12-13,15,18H,3-6,11,14H2,1-2H3,(H,29,34). The van der Waals surface area contributed by atoms with Crippen LogP contribution in [0.5, 0.6) is 5.75 Å². The summed E-state index contributed by atoms with van der Waals surface area (Å²) in [6.07, 6.45) is 1.95. The molecule has 202 valence electrons. The van der Waals surface area contributed by atoms with Gasteiger partial charge in [0.25, 0.3) is 11.6 Å². The number of carbonyl (C=O) groups is 4. The summed E-state index contributed by atoms with van der Waals surface area (Å²) in [4.78, 5) is 61.4. The number of imide groups is 1. The highest BCUT2D eigenvalue weighted by atomic mass is 35.5. The van der Waals surface area contributed by atoms with Crippen molar-refractivity contribution in [2.24, 2.45) is 11.8 Å². The molecular formula is C26H27Cl2N3O7. The lowest BCUT2D eigenvalue weighted by atomic mass is 9.94. The molecule has 1 aliphatic heterocycles. The minimum Gasteiger partial charge on any atom is -0.426 e. The van der Waals surface area contributed by atoms with Gasteiger partial charge in [0.2, 0.25) is 11.8 Å². The molecule has 1 N–H and O–H groups in total. The minimum absolute atomic E-state index is 0.0112. The van der Waals surface area contributed by atoms with Crippen molar-refractivity contribution in [3.63, 3.8) is 0 Å². The number of nitrogens with one attached hydrogen (secondary N) is 1. The Balaban J connectivity index is 1.53. The molecule has 1 atom stereocenters. The number of anilines is 1. The Hall–Kier alpha value is -3.50. The summed E-state index contributed by atoms with van der Waals surface area (Å²) in [6.45, 7) is 4.17. The van der Waals surface area contributed by atoms with Crippen LogP contribution in [-0.4, -0.2) is 40.1 Å². The Morgan fingerprint density at radius 2 is 1.87 bits per heavy atom. The largest absolute Gasteiger partial charge is 0.426 e. The molecule has 0 aliphatic carbocycles. The van der Waals surface area contributed by atoms with E-state index in [0.29, 0.717) is 25.8 Å². The van der Waals surface area contributed by atoms with E-state index < -0.39 is 16.8 Å². The van der Waals surface area contributed by atoms with Crippen LogP contribution < -0.4 is 10.1 Å². The average molecular weight is 564 g/mol. The summed E-state index contributed by atoms with van der Waals surface area (Å²) in [7, 11) is 0. The van der Waals surface area contributed by atoms with Gasteiger partial charge in [-0.1, -0.05) is 43.5 Å². The van der Waals surface area contributed by atoms with E-state index in [1.165, 1.54) is 35.2 Å². The maximum atomic E-state index is 12.9. The van der Waals surface area contributed by atoms with Gasteiger partial charge in [-0.25, -0.2) is 0 Å². The summed E-state index contributed by atoms with van der Waals surface area (Å²) in [6, 6.07) is 7.78. The molecule has 3 amide bonds. The Bertz CT molecular complexity index is 1270. The number of non-ortho nitro benzene ring substituents is 1. The second kappa shape index (κ2) is 12.8. The lowest BCUT2D eigenvalue weighted by Gasteiger charge is -2.16. The van der Waals surface area contributed by atoms with E-state index in [9.17, 15) is 29.3 Å². The van der Waals surface area contributed by atoms with Crippen LogP contribution in [0.1, 0.15) is 56.3 Å². The van der Waals surface area contributed by atoms with Crippen LogP contribution in [0.2, 0.25) is 10.0 Å². The first-order valence-electron chi connectivity index (χ1n) is 12.1. The fourth-order valence-electron chi connectivity index (χ4n) is 4.03. The third-order valence-electron chi connectivity index (χ3n) is 6.17. The Morgan fingerprint density at radius 1 is 1.13 bits per heavy atom. The van der Waals surface area contributed by atoms with Gasteiger partial charge in [-0.05, 0) is 43.0 Å². The maximum absolute atomic E-state index is 12.9. The van der Waals surface area contributed by atoms with Gasteiger partial charge in [0.05, 0.1) is 21.2 Å². The van der Waals surface area contributed by atoms with Gasteiger partial charge in [0.1, 0.15) is 5.75 Å². The number of nitro groups is 1. The number of nitro benzene ring substituents is 1. The van der Waals surface area contributed by atoms with Gasteiger partial charge in [0, 0.05) is 42.5 Å². The normalized spacial score (nSPS) is 15.2. The molecule has 0 aromatic heterocycles. The summed E-state index contributed by atoms with van der Waals surface area (Å²) >= 11 is 12.1. The number of nitrogens with zero attached hydrogens (tertiary/aromatic N) is 2. The fourth-order valence-corrected chi connectivity index (χ4v) is 4.43. The molecule has 0 saturated carbocycles. The van der Waals surface area contributed by atoms with Gasteiger partial charge in [0.15, 0.2) is 0 Å². The highest BCUT2D eigenvalue weighted by Crippen LogP contribution is 2.30. The van der Waals surface area contributed by atoms with E-state index in [-0.39, 0.29) is 69.2 Å². The van der Waals surface area contributed by atoms with Crippen LogP contribution in [0, 0.1) is 22.0 Å². The molecule has 12 heteroatoms. The highest BCUT2D eigenvalue weighted by Gasteiger charge is 2.39. The molecule has 2 aromatic rings. The third-order valence-corrected chi connectivity index (χ3v) is 6.72. The molecule has 1 unspecified atom stereocenters. The quantitative estimate of drug-likeness (QED) is 0.0930. The molecule has 0 radical (unpaired) electrons. The molecule has 0 bridgehead atoms. The van der Waals surface area contributed by atoms with Crippen LogP contribution >= 0.6 is 23.2 Å². The van der Waals surface area contributed by atoms with E-state index >= 15 is 0 Å². The van der Waals surface area contributed by atoms with Crippen molar-refractivity contribution < 1.29 is 28.8 Å². The molecule has 1 fully saturated rings. The summed E-state index contributed by atoms with van der Waals surface area (Å²) in [5.74, 6) is -1.70. The van der Waals surface area contributed by atoms with E-state index in [1.807, 2.05) is 13.8 Å². The molecular weight excluding hydrogens is 537 g/mol. The van der Waals surface area contributed by atoms with Crippen molar-refractivity contribution in [2.75, 3.05) is 11.9 Å². The number of esters is 1. The predicted octanol–water partition coefficient (Wildman–Crippen LogP) is 5.65. The van der Waals surface area contributed by atoms with Crippen molar-refractivity contribution in [3.05, 3.63) is 62.1 Å². The second-order valence-electron chi connectivity index (χ2n) is 9.24. The first kappa shape index (κ1) is 29.1. The highest BCUT2D eigenvalue weighted by molar-refractivity contribution is 6.34. The van der Waals surface area contributed by atoms with Crippen molar-refractivity contribution in [1.82, 2.24) is 4.90 Å². The van der Waals surface area contributed by atoms with E-state index in [0.717, 1.165) is 6.07 Å². The molecule has 38 heavy (non-hydrogen) atoms. The van der Waals surface area contributed by atoms with Crippen molar-refractivity contribution in [1.29, 1.82) is 0 Å². The monoisotopic (exact) mass is 563 g/mol. The molecule has 0 spiro atoms. The van der Waals surface area contributed by atoms with Crippen molar-refractivity contribution >= 4 is 58.3 Å². The fraction of sp³-hybridized carbons (Fsp3) is 0.385. The number of rotatable bonds is 11. The molecule has 2 aromatic carbocycles. The summed E-state index contributed by atoms with van der Waals surface area (Å²) in [5.41, 5.74) is -0.121. The first-order chi connectivity index (χ1) is 18.0. The van der Waals surface area contributed by atoms with Crippen molar-refractivity contribution in [2.45, 2.75) is 46.0 Å². The molecule has 1 aliphatic rings. The number of hydrogen-bond donors (Lipinski definition) is 1. The molecule has 1 heterocycles. The number of benzene rings is 2. The number of amides is 3.